The number of nitrogens with one attached hydrogen (secondary N) is 1. The van der Waals surface area contributed by atoms with Crippen LogP contribution in [0.15, 0.2) is 55.1 Å². The number of rotatable bonds is 6. The Morgan fingerprint density at radius 2 is 2.07 bits per heavy atom. The molecule has 1 fully saturated rings. The summed E-state index contributed by atoms with van der Waals surface area (Å²) in [6.07, 6.45) is 4.37. The van der Waals surface area contributed by atoms with E-state index in [0.29, 0.717) is 17.3 Å². The summed E-state index contributed by atoms with van der Waals surface area (Å²) >= 11 is 0. The Labute approximate surface area is 175 Å². The average Bonchev–Trinajstić information content (AvgIpc) is 3.04. The molecule has 1 aliphatic carbocycles. The monoisotopic (exact) mass is 401 g/mol. The maximum Gasteiger partial charge on any atom is 0.411 e. The largest absolute Gasteiger partial charge is 0.497 e. The van der Waals surface area contributed by atoms with Crippen molar-refractivity contribution in [3.05, 3.63) is 60.7 Å². The molecular formula is C24H23N3O3. The Morgan fingerprint density at radius 3 is 2.67 bits per heavy atom. The molecule has 0 radical (unpaired) electrons. The molecule has 1 heterocycles. The van der Waals surface area contributed by atoms with Crippen LogP contribution >= 0.6 is 0 Å². The van der Waals surface area contributed by atoms with Gasteiger partial charge in [-0.15, -0.1) is 0 Å². The van der Waals surface area contributed by atoms with Crippen LogP contribution in [0.1, 0.15) is 30.9 Å². The number of nitrogens with zero attached hydrogens (tertiary/aromatic N) is 2. The third kappa shape index (κ3) is 3.50. The lowest BCUT2D eigenvalue weighted by molar-refractivity contribution is 0.174. The number of hydrogen-bond acceptors (Lipinski definition) is 4. The van der Waals surface area contributed by atoms with E-state index in [1.807, 2.05) is 42.5 Å². The number of methoxy groups -OCH3 is 1. The topological polar surface area (TPSA) is 76.3 Å². The summed E-state index contributed by atoms with van der Waals surface area (Å²) < 4.78 is 12.6. The lowest BCUT2D eigenvalue weighted by Gasteiger charge is -2.30. The second-order valence-electron chi connectivity index (χ2n) is 7.26. The van der Waals surface area contributed by atoms with E-state index in [0.717, 1.165) is 40.8 Å². The van der Waals surface area contributed by atoms with Crippen LogP contribution in [0.3, 0.4) is 0 Å². The van der Waals surface area contributed by atoms with Gasteiger partial charge in [0.25, 0.3) is 0 Å². The number of hydrogen-bond donors (Lipinski definition) is 1. The number of benzene rings is 2. The molecule has 1 amide bonds. The van der Waals surface area contributed by atoms with E-state index >= 15 is 0 Å². The normalized spacial score (nSPS) is 13.3. The third-order valence-corrected chi connectivity index (χ3v) is 5.50. The first-order valence-corrected chi connectivity index (χ1v) is 9.93. The Morgan fingerprint density at radius 1 is 1.30 bits per heavy atom. The van der Waals surface area contributed by atoms with Gasteiger partial charge in [-0.05, 0) is 55.2 Å². The Bertz CT molecular complexity index is 1140. The van der Waals surface area contributed by atoms with Crippen LogP contribution in [0, 0.1) is 11.3 Å². The predicted molar refractivity (Wildman–Crippen MR) is 117 cm³/mol. The maximum absolute atomic E-state index is 11.8. The highest BCUT2D eigenvalue weighted by Crippen LogP contribution is 2.43. The van der Waals surface area contributed by atoms with Crippen molar-refractivity contribution in [2.45, 2.75) is 25.3 Å². The molecule has 1 N–H and O–H groups in total. The number of amides is 1. The summed E-state index contributed by atoms with van der Waals surface area (Å²) in [5, 5.41) is 13.6. The van der Waals surface area contributed by atoms with Crippen molar-refractivity contribution in [2.24, 2.45) is 0 Å². The minimum atomic E-state index is -0.531. The predicted octanol–water partition coefficient (Wildman–Crippen LogP) is 5.65. The number of carbonyl (C=O) groups excluding carboxylic acids is 1. The van der Waals surface area contributed by atoms with Crippen molar-refractivity contribution in [3.8, 4) is 23.1 Å². The van der Waals surface area contributed by atoms with Gasteiger partial charge in [-0.2, -0.15) is 5.26 Å². The summed E-state index contributed by atoms with van der Waals surface area (Å²) in [6.45, 7) is 3.68. The van der Waals surface area contributed by atoms with E-state index < -0.39 is 6.09 Å². The zero-order valence-corrected chi connectivity index (χ0v) is 16.9. The highest BCUT2D eigenvalue weighted by Gasteiger charge is 2.27. The van der Waals surface area contributed by atoms with Crippen LogP contribution in [0.4, 0.5) is 10.5 Å². The summed E-state index contributed by atoms with van der Waals surface area (Å²) in [6, 6.07) is 16.2. The van der Waals surface area contributed by atoms with Crippen LogP contribution in [0.5, 0.6) is 5.75 Å². The molecule has 3 aromatic rings. The van der Waals surface area contributed by atoms with Crippen LogP contribution in [-0.4, -0.2) is 24.4 Å². The van der Waals surface area contributed by atoms with Crippen molar-refractivity contribution >= 4 is 22.7 Å². The molecular weight excluding hydrogens is 378 g/mol. The fraction of sp³-hybridized carbons (Fsp3) is 0.250. The average molecular weight is 401 g/mol. The lowest BCUT2D eigenvalue weighted by Crippen LogP contribution is -2.17. The van der Waals surface area contributed by atoms with Crippen LogP contribution in [0.2, 0.25) is 0 Å². The molecule has 1 aromatic heterocycles. The van der Waals surface area contributed by atoms with Crippen molar-refractivity contribution in [1.29, 1.82) is 5.26 Å². The van der Waals surface area contributed by atoms with Gasteiger partial charge in [0.2, 0.25) is 0 Å². The smallest absolute Gasteiger partial charge is 0.411 e. The molecule has 6 heteroatoms. The minimum absolute atomic E-state index is 0.153. The van der Waals surface area contributed by atoms with E-state index in [1.54, 1.807) is 7.11 Å². The van der Waals surface area contributed by atoms with Gasteiger partial charge in [-0.1, -0.05) is 24.8 Å². The molecule has 1 saturated carbocycles. The van der Waals surface area contributed by atoms with E-state index in [-0.39, 0.29) is 6.61 Å². The third-order valence-electron chi connectivity index (χ3n) is 5.50. The van der Waals surface area contributed by atoms with Crippen molar-refractivity contribution in [1.82, 2.24) is 4.57 Å². The Balaban J connectivity index is 1.77. The molecule has 2 aromatic carbocycles. The first-order valence-electron chi connectivity index (χ1n) is 9.93. The molecule has 0 bridgehead atoms. The summed E-state index contributed by atoms with van der Waals surface area (Å²) in [5.41, 5.74) is 4.15. The first kappa shape index (κ1) is 19.6. The number of anilines is 1. The molecule has 30 heavy (non-hydrogen) atoms. The van der Waals surface area contributed by atoms with Gasteiger partial charge in [0.1, 0.15) is 18.4 Å². The minimum Gasteiger partial charge on any atom is -0.497 e. The number of nitriles is 1. The number of aromatic nitrogens is 1. The number of fused-ring (bicyclic) bond motifs is 1. The zero-order valence-electron chi connectivity index (χ0n) is 16.9. The van der Waals surface area contributed by atoms with Crippen molar-refractivity contribution in [3.63, 3.8) is 0 Å². The van der Waals surface area contributed by atoms with Gasteiger partial charge in [0.15, 0.2) is 0 Å². The molecule has 0 spiro atoms. The molecule has 0 aliphatic heterocycles. The van der Waals surface area contributed by atoms with Gasteiger partial charge >= 0.3 is 6.09 Å². The zero-order chi connectivity index (χ0) is 21.1. The molecule has 0 unspecified atom stereocenters. The van der Waals surface area contributed by atoms with Gasteiger partial charge in [0, 0.05) is 17.1 Å². The van der Waals surface area contributed by atoms with E-state index in [9.17, 15) is 10.1 Å². The highest BCUT2D eigenvalue weighted by atomic mass is 16.5. The summed E-state index contributed by atoms with van der Waals surface area (Å²) in [5.74, 6) is 0.730. The molecule has 0 saturated heterocycles. The number of ether oxygens (including phenoxy) is 2. The van der Waals surface area contributed by atoms with Gasteiger partial charge in [0.05, 0.1) is 23.9 Å². The van der Waals surface area contributed by atoms with Crippen molar-refractivity contribution < 1.29 is 14.3 Å². The Hall–Kier alpha value is -3.72. The molecule has 4 rings (SSSR count). The summed E-state index contributed by atoms with van der Waals surface area (Å²) in [7, 11) is 1.63. The fourth-order valence-corrected chi connectivity index (χ4v) is 3.84. The molecule has 1 aliphatic rings. The van der Waals surface area contributed by atoms with E-state index in [4.69, 9.17) is 9.47 Å². The van der Waals surface area contributed by atoms with Crippen molar-refractivity contribution in [2.75, 3.05) is 19.0 Å². The standard InChI is InChI=1S/C24H23N3O3/c1-3-13-30-24(28)26-17-9-7-16(8-10-17)23-21(15-25)20-14-19(29-2)11-12-22(20)27(23)18-5-4-6-18/h3,7-12,14,18H,1,4-6,13H2,2H3,(H,26,28). The Kier molecular flexibility index (Phi) is 5.44. The van der Waals surface area contributed by atoms with E-state index in [2.05, 4.69) is 22.5 Å². The molecule has 0 atom stereocenters. The first-order chi connectivity index (χ1) is 14.7. The molecule has 152 valence electrons. The quantitative estimate of drug-likeness (QED) is 0.542. The molecule has 6 nitrogen and oxygen atoms in total. The van der Waals surface area contributed by atoms with Gasteiger partial charge in [-0.3, -0.25) is 5.32 Å². The second-order valence-corrected chi connectivity index (χ2v) is 7.26. The summed E-state index contributed by atoms with van der Waals surface area (Å²) in [4.78, 5) is 11.8. The SMILES string of the molecule is C=CCOC(=O)Nc1ccc(-c2c(C#N)c3cc(OC)ccc3n2C2CCC2)cc1. The fourth-order valence-electron chi connectivity index (χ4n) is 3.84. The van der Waals surface area contributed by atoms with Gasteiger partial charge < -0.3 is 14.0 Å². The van der Waals surface area contributed by atoms with E-state index in [1.165, 1.54) is 12.5 Å². The lowest BCUT2D eigenvalue weighted by atomic mass is 9.92. The van der Waals surface area contributed by atoms with Gasteiger partial charge in [-0.25, -0.2) is 4.79 Å². The maximum atomic E-state index is 11.8. The van der Waals surface area contributed by atoms with Crippen LogP contribution in [-0.2, 0) is 4.74 Å². The number of carbonyl (C=O) groups is 1. The second kappa shape index (κ2) is 8.34. The van der Waals surface area contributed by atoms with Crippen LogP contribution < -0.4 is 10.1 Å². The van der Waals surface area contributed by atoms with Crippen LogP contribution in [0.25, 0.3) is 22.2 Å². The highest BCUT2D eigenvalue weighted by molar-refractivity contribution is 5.96.